The van der Waals surface area contributed by atoms with Crippen LogP contribution in [0.4, 0.5) is 0 Å². The molecule has 0 spiro atoms. The summed E-state index contributed by atoms with van der Waals surface area (Å²) in [6, 6.07) is 44.4. The van der Waals surface area contributed by atoms with Gasteiger partial charge in [0.2, 0.25) is 5.71 Å². The molecule has 0 bridgehead atoms. The molecule has 11 rings (SSSR count). The van der Waals surface area contributed by atoms with Crippen LogP contribution in [0.1, 0.15) is 25.0 Å². The van der Waals surface area contributed by atoms with Crippen molar-refractivity contribution in [3.05, 3.63) is 139 Å². The summed E-state index contributed by atoms with van der Waals surface area (Å²) in [6.45, 7) is 4.65. The molecule has 6 aromatic carbocycles. The molecule has 0 unspecified atom stereocenters. The molecule has 10 aromatic rings. The maximum atomic E-state index is 6.60. The summed E-state index contributed by atoms with van der Waals surface area (Å²) in [5, 5.41) is 6.69. The first-order chi connectivity index (χ1) is 23.6. The Kier molecular flexibility index (Phi) is 4.86. The lowest BCUT2D eigenvalue weighted by Gasteiger charge is -2.34. The average molecular weight is 618 g/mol. The van der Waals surface area contributed by atoms with Gasteiger partial charge in [-0.2, -0.15) is 0 Å². The predicted molar refractivity (Wildman–Crippen MR) is 194 cm³/mol. The molecule has 0 N–H and O–H groups in total. The molecule has 0 aliphatic carbocycles. The van der Waals surface area contributed by atoms with Gasteiger partial charge in [-0.15, -0.1) is 0 Å². The van der Waals surface area contributed by atoms with Crippen LogP contribution in [-0.2, 0) is 5.41 Å². The fraction of sp³-hybridized carbons (Fsp3) is 0.0698. The number of hydrogen-bond donors (Lipinski definition) is 0. The van der Waals surface area contributed by atoms with Crippen LogP contribution in [0.25, 0.3) is 94.1 Å². The summed E-state index contributed by atoms with van der Waals surface area (Å²) in [6.07, 6.45) is 0. The minimum Gasteiger partial charge on any atom is -0.455 e. The third-order valence-corrected chi connectivity index (χ3v) is 10.4. The first-order valence-corrected chi connectivity index (χ1v) is 16.3. The van der Waals surface area contributed by atoms with Crippen LogP contribution >= 0.6 is 0 Å². The minimum absolute atomic E-state index is 0.266. The van der Waals surface area contributed by atoms with E-state index in [0.29, 0.717) is 5.82 Å². The van der Waals surface area contributed by atoms with E-state index in [1.54, 1.807) is 0 Å². The van der Waals surface area contributed by atoms with Gasteiger partial charge in [0.15, 0.2) is 5.82 Å². The van der Waals surface area contributed by atoms with Gasteiger partial charge in [-0.1, -0.05) is 105 Å². The van der Waals surface area contributed by atoms with Gasteiger partial charge < -0.3 is 8.83 Å². The second kappa shape index (κ2) is 8.99. The van der Waals surface area contributed by atoms with Gasteiger partial charge in [0.25, 0.3) is 0 Å². The standard InChI is InChI=1S/C43H27N3O2/c1-43(2)31-17-10-15-29-37-28-13-5-8-20-36(28)48-42(37)46(39(29)31)34-22-21-24(23-32(34)43)38-27-12-3-6-18-33(27)44-41(45-38)30-16-9-14-26-25-11-4-7-19-35(25)47-40(26)30/h3-23H,1-2H3. The van der Waals surface area contributed by atoms with E-state index in [2.05, 4.69) is 115 Å². The molecule has 4 aromatic heterocycles. The van der Waals surface area contributed by atoms with Crippen LogP contribution in [-0.4, -0.2) is 14.5 Å². The molecule has 1 aliphatic heterocycles. The van der Waals surface area contributed by atoms with Crippen molar-refractivity contribution in [1.29, 1.82) is 0 Å². The Bertz CT molecular complexity index is 2990. The Labute approximate surface area is 274 Å². The number of benzene rings is 6. The van der Waals surface area contributed by atoms with Crippen LogP contribution in [0.2, 0.25) is 0 Å². The zero-order valence-electron chi connectivity index (χ0n) is 26.3. The number of hydrogen-bond acceptors (Lipinski definition) is 4. The van der Waals surface area contributed by atoms with Gasteiger partial charge in [-0.3, -0.25) is 4.57 Å². The van der Waals surface area contributed by atoms with Crippen LogP contribution in [0.5, 0.6) is 0 Å². The highest BCUT2D eigenvalue weighted by Crippen LogP contribution is 2.50. The van der Waals surface area contributed by atoms with Gasteiger partial charge >= 0.3 is 0 Å². The van der Waals surface area contributed by atoms with E-state index < -0.39 is 0 Å². The Balaban J connectivity index is 1.18. The summed E-state index contributed by atoms with van der Waals surface area (Å²) < 4.78 is 15.3. The molecule has 0 saturated carbocycles. The molecule has 0 fully saturated rings. The topological polar surface area (TPSA) is 57.0 Å². The highest BCUT2D eigenvalue weighted by molar-refractivity contribution is 6.21. The van der Waals surface area contributed by atoms with Gasteiger partial charge in [0.05, 0.1) is 33.4 Å². The highest BCUT2D eigenvalue weighted by atomic mass is 16.3. The molecule has 5 heterocycles. The van der Waals surface area contributed by atoms with Crippen molar-refractivity contribution >= 4 is 65.8 Å². The molecule has 1 aliphatic rings. The molecule has 0 radical (unpaired) electrons. The Morgan fingerprint density at radius 2 is 1.29 bits per heavy atom. The minimum atomic E-state index is -0.266. The lowest BCUT2D eigenvalue weighted by atomic mass is 9.74. The van der Waals surface area contributed by atoms with Crippen LogP contribution in [0.3, 0.4) is 0 Å². The van der Waals surface area contributed by atoms with E-state index in [4.69, 9.17) is 18.8 Å². The fourth-order valence-corrected chi connectivity index (χ4v) is 8.14. The van der Waals surface area contributed by atoms with Crippen LogP contribution < -0.4 is 0 Å². The molecule has 226 valence electrons. The monoisotopic (exact) mass is 617 g/mol. The van der Waals surface area contributed by atoms with Crippen molar-refractivity contribution < 1.29 is 8.83 Å². The SMILES string of the molecule is CC1(C)c2cc(-c3nc(-c4cccc5c4oc4ccccc45)nc4ccccc34)ccc2-n2c3oc4ccccc4c3c3cccc1c32. The van der Waals surface area contributed by atoms with E-state index in [1.165, 1.54) is 27.4 Å². The van der Waals surface area contributed by atoms with E-state index in [-0.39, 0.29) is 5.41 Å². The van der Waals surface area contributed by atoms with Gasteiger partial charge in [0.1, 0.15) is 16.7 Å². The molecule has 0 saturated heterocycles. The van der Waals surface area contributed by atoms with Crippen molar-refractivity contribution in [2.75, 3.05) is 0 Å². The summed E-state index contributed by atoms with van der Waals surface area (Å²) in [5.74, 6) is 0.645. The summed E-state index contributed by atoms with van der Waals surface area (Å²) in [5.41, 5.74) is 11.7. The van der Waals surface area contributed by atoms with Gasteiger partial charge in [-0.05, 0) is 47.5 Å². The number of fused-ring (bicyclic) bond motifs is 11. The van der Waals surface area contributed by atoms with Crippen molar-refractivity contribution in [3.63, 3.8) is 0 Å². The molecular weight excluding hydrogens is 590 g/mol. The first-order valence-electron chi connectivity index (χ1n) is 16.3. The smallest absolute Gasteiger partial charge is 0.213 e. The van der Waals surface area contributed by atoms with E-state index in [9.17, 15) is 0 Å². The lowest BCUT2D eigenvalue weighted by molar-refractivity contribution is 0.612. The van der Waals surface area contributed by atoms with Crippen LogP contribution in [0.15, 0.2) is 136 Å². The maximum absolute atomic E-state index is 6.60. The zero-order chi connectivity index (χ0) is 31.7. The third-order valence-electron chi connectivity index (χ3n) is 10.4. The maximum Gasteiger partial charge on any atom is 0.213 e. The number of aromatic nitrogens is 3. The Morgan fingerprint density at radius 1 is 0.583 bits per heavy atom. The highest BCUT2D eigenvalue weighted by Gasteiger charge is 2.37. The number of furan rings is 2. The van der Waals surface area contributed by atoms with Crippen molar-refractivity contribution in [2.24, 2.45) is 0 Å². The molecule has 5 nitrogen and oxygen atoms in total. The number of para-hydroxylation sites is 5. The van der Waals surface area contributed by atoms with Gasteiger partial charge in [0, 0.05) is 37.9 Å². The fourth-order valence-electron chi connectivity index (χ4n) is 8.14. The second-order valence-electron chi connectivity index (χ2n) is 13.4. The molecule has 0 amide bonds. The number of nitrogens with zero attached hydrogens (tertiary/aromatic N) is 3. The largest absolute Gasteiger partial charge is 0.455 e. The summed E-state index contributed by atoms with van der Waals surface area (Å²) in [7, 11) is 0. The molecule has 0 atom stereocenters. The third kappa shape index (κ3) is 3.25. The quantitative estimate of drug-likeness (QED) is 0.194. The molecule has 5 heteroatoms. The Hall–Kier alpha value is -6.20. The normalized spacial score (nSPS) is 13.8. The van der Waals surface area contributed by atoms with Gasteiger partial charge in [-0.25, -0.2) is 9.97 Å². The molecule has 48 heavy (non-hydrogen) atoms. The summed E-state index contributed by atoms with van der Waals surface area (Å²) in [4.78, 5) is 10.4. The van der Waals surface area contributed by atoms with Crippen molar-refractivity contribution in [3.8, 4) is 28.3 Å². The predicted octanol–water partition coefficient (Wildman–Crippen LogP) is 11.3. The van der Waals surface area contributed by atoms with E-state index in [0.717, 1.165) is 72.0 Å². The average Bonchev–Trinajstić information content (AvgIpc) is 3.79. The zero-order valence-corrected chi connectivity index (χ0v) is 26.3. The van der Waals surface area contributed by atoms with E-state index in [1.807, 2.05) is 30.3 Å². The van der Waals surface area contributed by atoms with Crippen LogP contribution in [0, 0.1) is 0 Å². The van der Waals surface area contributed by atoms with E-state index >= 15 is 0 Å². The Morgan fingerprint density at radius 3 is 2.17 bits per heavy atom. The van der Waals surface area contributed by atoms with Crippen molar-refractivity contribution in [1.82, 2.24) is 14.5 Å². The number of rotatable bonds is 2. The second-order valence-corrected chi connectivity index (χ2v) is 13.4. The lowest BCUT2D eigenvalue weighted by Crippen LogP contribution is -2.26. The summed E-state index contributed by atoms with van der Waals surface area (Å²) >= 11 is 0. The van der Waals surface area contributed by atoms with Crippen molar-refractivity contribution in [2.45, 2.75) is 19.3 Å². The first kappa shape index (κ1) is 25.9. The molecular formula is C43H27N3O2.